The highest BCUT2D eigenvalue weighted by Crippen LogP contribution is 2.39. The summed E-state index contributed by atoms with van der Waals surface area (Å²) in [7, 11) is -3.58. The number of hydrogen-bond donors (Lipinski definition) is 3. The number of aliphatic carboxylic acids is 1. The smallest absolute Gasteiger partial charge is 0.317 e. The largest absolute Gasteiger partial charge is 0.481 e. The van der Waals surface area contributed by atoms with Crippen LogP contribution in [0, 0.1) is 5.92 Å². The Bertz CT molecular complexity index is 507. The van der Waals surface area contributed by atoms with Crippen molar-refractivity contribution in [2.75, 3.05) is 12.3 Å². The topological polar surface area (TPSA) is 130 Å². The minimum absolute atomic E-state index is 0.00778. The van der Waals surface area contributed by atoms with E-state index in [0.29, 0.717) is 12.8 Å². The average Bonchev–Trinajstić information content (AvgIpc) is 2.59. The fourth-order valence-electron chi connectivity index (χ4n) is 3.43. The molecule has 2 unspecified atom stereocenters. The summed E-state index contributed by atoms with van der Waals surface area (Å²) in [5.41, 5.74) is 0. The SMILES string of the molecule is NS(=O)(=O)CCNC(=O)N1C2CCC1CC(CC(=O)O)C2. The second-order valence-electron chi connectivity index (χ2n) is 5.83. The monoisotopic (exact) mass is 319 g/mol. The van der Waals surface area contributed by atoms with Crippen molar-refractivity contribution in [3.05, 3.63) is 0 Å². The maximum atomic E-state index is 12.1. The third-order valence-corrected chi connectivity index (χ3v) is 4.96. The van der Waals surface area contributed by atoms with Crippen LogP contribution in [-0.4, -0.2) is 54.8 Å². The number of amides is 2. The molecule has 0 aliphatic carbocycles. The second-order valence-corrected chi connectivity index (χ2v) is 7.56. The van der Waals surface area contributed by atoms with E-state index in [1.165, 1.54) is 0 Å². The summed E-state index contributed by atoms with van der Waals surface area (Å²) in [4.78, 5) is 24.7. The molecule has 2 aliphatic rings. The van der Waals surface area contributed by atoms with Gasteiger partial charge in [0.15, 0.2) is 0 Å². The number of piperidine rings is 1. The number of urea groups is 1. The van der Waals surface area contributed by atoms with Crippen LogP contribution in [0.5, 0.6) is 0 Å². The van der Waals surface area contributed by atoms with Gasteiger partial charge >= 0.3 is 12.0 Å². The Hall–Kier alpha value is -1.35. The molecule has 21 heavy (non-hydrogen) atoms. The minimum Gasteiger partial charge on any atom is -0.481 e. The molecule has 0 spiro atoms. The van der Waals surface area contributed by atoms with Gasteiger partial charge in [0.1, 0.15) is 0 Å². The van der Waals surface area contributed by atoms with Crippen LogP contribution in [0.15, 0.2) is 0 Å². The molecule has 2 aliphatic heterocycles. The molecule has 0 saturated carbocycles. The molecule has 9 heteroatoms. The zero-order valence-corrected chi connectivity index (χ0v) is 12.5. The fraction of sp³-hybridized carbons (Fsp3) is 0.833. The third-order valence-electron chi connectivity index (χ3n) is 4.19. The van der Waals surface area contributed by atoms with Crippen molar-refractivity contribution in [1.29, 1.82) is 0 Å². The average molecular weight is 319 g/mol. The first-order valence-corrected chi connectivity index (χ1v) is 8.76. The molecular formula is C12H21N3O5S. The van der Waals surface area contributed by atoms with E-state index in [0.717, 1.165) is 12.8 Å². The quantitative estimate of drug-likeness (QED) is 0.640. The van der Waals surface area contributed by atoms with Crippen molar-refractivity contribution in [2.24, 2.45) is 11.1 Å². The molecule has 2 fully saturated rings. The Morgan fingerprint density at radius 2 is 1.81 bits per heavy atom. The van der Waals surface area contributed by atoms with Crippen molar-refractivity contribution in [2.45, 2.75) is 44.2 Å². The van der Waals surface area contributed by atoms with E-state index < -0.39 is 16.0 Å². The van der Waals surface area contributed by atoms with E-state index in [4.69, 9.17) is 10.2 Å². The highest BCUT2D eigenvalue weighted by molar-refractivity contribution is 7.89. The van der Waals surface area contributed by atoms with Gasteiger partial charge in [0.2, 0.25) is 10.0 Å². The lowest BCUT2D eigenvalue weighted by atomic mass is 9.88. The third kappa shape index (κ3) is 4.31. The van der Waals surface area contributed by atoms with Gasteiger partial charge in [0.25, 0.3) is 0 Å². The molecule has 0 aromatic heterocycles. The summed E-state index contributed by atoms with van der Waals surface area (Å²) in [6.07, 6.45) is 3.30. The van der Waals surface area contributed by atoms with Crippen LogP contribution in [0.25, 0.3) is 0 Å². The normalized spacial score (nSPS) is 28.4. The van der Waals surface area contributed by atoms with Gasteiger partial charge in [-0.1, -0.05) is 0 Å². The van der Waals surface area contributed by atoms with Crippen LogP contribution < -0.4 is 10.5 Å². The number of hydrogen-bond acceptors (Lipinski definition) is 4. The number of nitrogens with one attached hydrogen (secondary N) is 1. The zero-order valence-electron chi connectivity index (χ0n) is 11.7. The number of fused-ring (bicyclic) bond motifs is 2. The molecule has 2 heterocycles. The summed E-state index contributed by atoms with van der Waals surface area (Å²) >= 11 is 0. The zero-order chi connectivity index (χ0) is 15.6. The lowest BCUT2D eigenvalue weighted by Crippen LogP contribution is -2.51. The van der Waals surface area contributed by atoms with Gasteiger partial charge in [0, 0.05) is 25.0 Å². The van der Waals surface area contributed by atoms with Crippen LogP contribution in [0.2, 0.25) is 0 Å². The maximum Gasteiger partial charge on any atom is 0.317 e. The van der Waals surface area contributed by atoms with Crippen LogP contribution >= 0.6 is 0 Å². The molecule has 2 rings (SSSR count). The van der Waals surface area contributed by atoms with Crippen LogP contribution in [0.4, 0.5) is 4.79 Å². The van der Waals surface area contributed by atoms with Crippen LogP contribution in [0.1, 0.15) is 32.1 Å². The molecule has 8 nitrogen and oxygen atoms in total. The Kier molecular flexibility index (Phi) is 4.72. The summed E-state index contributed by atoms with van der Waals surface area (Å²) < 4.78 is 21.7. The van der Waals surface area contributed by atoms with Gasteiger partial charge in [-0.2, -0.15) is 0 Å². The van der Waals surface area contributed by atoms with Gasteiger partial charge < -0.3 is 15.3 Å². The Morgan fingerprint density at radius 3 is 2.29 bits per heavy atom. The van der Waals surface area contributed by atoms with Crippen molar-refractivity contribution < 1.29 is 23.1 Å². The molecule has 0 aromatic rings. The number of sulfonamides is 1. The van der Waals surface area contributed by atoms with Gasteiger partial charge in [-0.25, -0.2) is 18.4 Å². The number of carboxylic acids is 1. The number of primary sulfonamides is 1. The number of carbonyl (C=O) groups excluding carboxylic acids is 1. The Balaban J connectivity index is 1.88. The van der Waals surface area contributed by atoms with Crippen molar-refractivity contribution >= 4 is 22.0 Å². The van der Waals surface area contributed by atoms with E-state index >= 15 is 0 Å². The van der Waals surface area contributed by atoms with Gasteiger partial charge in [-0.15, -0.1) is 0 Å². The first-order chi connectivity index (χ1) is 9.76. The highest BCUT2D eigenvalue weighted by atomic mass is 32.2. The van der Waals surface area contributed by atoms with Crippen LogP contribution in [0.3, 0.4) is 0 Å². The highest BCUT2D eigenvalue weighted by Gasteiger charge is 2.43. The maximum absolute atomic E-state index is 12.1. The first kappa shape index (κ1) is 16.0. The van der Waals surface area contributed by atoms with Crippen molar-refractivity contribution in [3.8, 4) is 0 Å². The number of nitrogens with zero attached hydrogens (tertiary/aromatic N) is 1. The standard InChI is InChI=1S/C12H21N3O5S/c13-21(19,20)4-3-14-12(18)15-9-1-2-10(15)6-8(5-9)7-11(16)17/h8-10H,1-7H2,(H,14,18)(H,16,17)(H2,13,19,20). The molecule has 2 amide bonds. The van der Waals surface area contributed by atoms with Gasteiger partial charge in [-0.3, -0.25) is 4.79 Å². The van der Waals surface area contributed by atoms with E-state index in [1.54, 1.807) is 4.90 Å². The molecule has 0 radical (unpaired) electrons. The van der Waals surface area contributed by atoms with E-state index in [-0.39, 0.29) is 42.8 Å². The van der Waals surface area contributed by atoms with Crippen LogP contribution in [-0.2, 0) is 14.8 Å². The number of nitrogens with two attached hydrogens (primary N) is 1. The van der Waals surface area contributed by atoms with Crippen molar-refractivity contribution in [3.63, 3.8) is 0 Å². The number of carboxylic acid groups (broad SMARTS) is 1. The van der Waals surface area contributed by atoms with E-state index in [9.17, 15) is 18.0 Å². The molecule has 2 saturated heterocycles. The Morgan fingerprint density at radius 1 is 1.24 bits per heavy atom. The lowest BCUT2D eigenvalue weighted by molar-refractivity contribution is -0.138. The molecule has 4 N–H and O–H groups in total. The predicted molar refractivity (Wildman–Crippen MR) is 75.0 cm³/mol. The second kappa shape index (κ2) is 6.18. The Labute approximate surface area is 123 Å². The fourth-order valence-corrected chi connectivity index (χ4v) is 3.81. The number of carbonyl (C=O) groups is 2. The minimum atomic E-state index is -3.58. The van der Waals surface area contributed by atoms with Crippen molar-refractivity contribution in [1.82, 2.24) is 10.2 Å². The molecule has 2 bridgehead atoms. The summed E-state index contributed by atoms with van der Waals surface area (Å²) in [6, 6.07) is -0.162. The molecule has 2 atom stereocenters. The molecule has 120 valence electrons. The van der Waals surface area contributed by atoms with E-state index in [2.05, 4.69) is 5.32 Å². The molecule has 0 aromatic carbocycles. The van der Waals surface area contributed by atoms with Gasteiger partial charge in [0.05, 0.1) is 5.75 Å². The summed E-state index contributed by atoms with van der Waals surface area (Å²) in [5, 5.41) is 16.3. The predicted octanol–water partition coefficient (Wildman–Crippen LogP) is -0.298. The van der Waals surface area contributed by atoms with E-state index in [1.807, 2.05) is 0 Å². The first-order valence-electron chi connectivity index (χ1n) is 7.04. The van der Waals surface area contributed by atoms with Gasteiger partial charge in [-0.05, 0) is 31.6 Å². The lowest BCUT2D eigenvalue weighted by Gasteiger charge is -2.38. The number of rotatable bonds is 5. The molecular weight excluding hydrogens is 298 g/mol. The summed E-state index contributed by atoms with van der Waals surface area (Å²) in [6.45, 7) is -0.00778. The summed E-state index contributed by atoms with van der Waals surface area (Å²) in [5.74, 6) is -0.970.